The van der Waals surface area contributed by atoms with Gasteiger partial charge in [0.1, 0.15) is 12.1 Å². The molecule has 21 heavy (non-hydrogen) atoms. The number of rotatable bonds is 6. The van der Waals surface area contributed by atoms with Crippen molar-refractivity contribution in [3.05, 3.63) is 12.4 Å². The molecule has 1 aromatic heterocycles. The molecule has 0 aliphatic carbocycles. The van der Waals surface area contributed by atoms with E-state index in [-0.39, 0.29) is 5.54 Å². The molecule has 1 aromatic rings. The summed E-state index contributed by atoms with van der Waals surface area (Å²) in [4.78, 5) is 13.2. The highest BCUT2D eigenvalue weighted by Gasteiger charge is 2.29. The summed E-state index contributed by atoms with van der Waals surface area (Å²) in [6.45, 7) is 11.7. The zero-order valence-electron chi connectivity index (χ0n) is 13.4. The van der Waals surface area contributed by atoms with E-state index in [0.717, 1.165) is 38.4 Å². The third-order valence-electron chi connectivity index (χ3n) is 4.04. The minimum Gasteiger partial charge on any atom is -0.478 e. The van der Waals surface area contributed by atoms with Crippen molar-refractivity contribution in [1.82, 2.24) is 14.9 Å². The van der Waals surface area contributed by atoms with Crippen LogP contribution in [0.3, 0.4) is 0 Å². The maximum absolute atomic E-state index is 5.86. The monoisotopic (exact) mass is 293 g/mol. The van der Waals surface area contributed by atoms with Crippen LogP contribution >= 0.6 is 0 Å². The van der Waals surface area contributed by atoms with Crippen LogP contribution in [0, 0.1) is 0 Å². The zero-order valence-corrected chi connectivity index (χ0v) is 13.4. The molecule has 0 saturated carbocycles. The van der Waals surface area contributed by atoms with Crippen molar-refractivity contribution in [2.75, 3.05) is 44.2 Å². The molecule has 1 fully saturated rings. The summed E-state index contributed by atoms with van der Waals surface area (Å²) in [5.74, 6) is 1.60. The van der Waals surface area contributed by atoms with Gasteiger partial charge in [-0.3, -0.25) is 4.90 Å². The number of hydrogen-bond acceptors (Lipinski definition) is 6. The molecule has 2 heterocycles. The van der Waals surface area contributed by atoms with Gasteiger partial charge in [0.05, 0.1) is 6.61 Å². The van der Waals surface area contributed by atoms with Crippen LogP contribution in [-0.2, 0) is 0 Å². The van der Waals surface area contributed by atoms with Crippen molar-refractivity contribution in [3.63, 3.8) is 0 Å². The van der Waals surface area contributed by atoms with Crippen LogP contribution in [-0.4, -0.2) is 59.7 Å². The van der Waals surface area contributed by atoms with Crippen LogP contribution < -0.4 is 15.4 Å². The number of nitrogens with two attached hydrogens (primary N) is 1. The Morgan fingerprint density at radius 1 is 1.24 bits per heavy atom. The van der Waals surface area contributed by atoms with Crippen molar-refractivity contribution in [2.45, 2.75) is 32.7 Å². The van der Waals surface area contributed by atoms with Crippen LogP contribution in [0.15, 0.2) is 12.4 Å². The zero-order chi connectivity index (χ0) is 15.3. The molecule has 0 aromatic carbocycles. The van der Waals surface area contributed by atoms with E-state index in [1.165, 1.54) is 0 Å². The van der Waals surface area contributed by atoms with Crippen molar-refractivity contribution in [3.8, 4) is 5.88 Å². The fourth-order valence-electron chi connectivity index (χ4n) is 2.46. The Labute approximate surface area is 127 Å². The molecule has 0 bridgehead atoms. The SMILES string of the molecule is CCCOc1cc(N2CCN(C(C)(C)CN)CC2)ncn1. The predicted octanol–water partition coefficient (Wildman–Crippen LogP) is 1.12. The minimum atomic E-state index is 0.0627. The lowest BCUT2D eigenvalue weighted by molar-refractivity contribution is 0.119. The molecule has 1 aliphatic rings. The topological polar surface area (TPSA) is 67.5 Å². The number of ether oxygens (including phenoxy) is 1. The molecule has 6 heteroatoms. The molecule has 6 nitrogen and oxygen atoms in total. The Balaban J connectivity index is 1.96. The Morgan fingerprint density at radius 3 is 2.57 bits per heavy atom. The first kappa shape index (κ1) is 16.0. The summed E-state index contributed by atoms with van der Waals surface area (Å²) in [7, 11) is 0. The summed E-state index contributed by atoms with van der Waals surface area (Å²) < 4.78 is 5.57. The lowest BCUT2D eigenvalue weighted by atomic mass is 10.0. The second kappa shape index (κ2) is 7.04. The van der Waals surface area contributed by atoms with Gasteiger partial charge < -0.3 is 15.4 Å². The summed E-state index contributed by atoms with van der Waals surface area (Å²) in [6.07, 6.45) is 2.56. The second-order valence-electron chi connectivity index (χ2n) is 6.05. The smallest absolute Gasteiger partial charge is 0.218 e. The molecule has 2 N–H and O–H groups in total. The average Bonchev–Trinajstić information content (AvgIpc) is 2.53. The van der Waals surface area contributed by atoms with Gasteiger partial charge in [-0.25, -0.2) is 9.97 Å². The van der Waals surface area contributed by atoms with E-state index in [1.807, 2.05) is 6.07 Å². The highest BCUT2D eigenvalue weighted by molar-refractivity contribution is 5.41. The second-order valence-corrected chi connectivity index (χ2v) is 6.05. The first-order valence-electron chi connectivity index (χ1n) is 7.71. The van der Waals surface area contributed by atoms with Crippen molar-refractivity contribution < 1.29 is 4.74 Å². The largest absolute Gasteiger partial charge is 0.478 e. The van der Waals surface area contributed by atoms with E-state index in [2.05, 4.69) is 40.5 Å². The van der Waals surface area contributed by atoms with Gasteiger partial charge in [-0.15, -0.1) is 0 Å². The number of aromatic nitrogens is 2. The maximum atomic E-state index is 5.86. The Kier molecular flexibility index (Phi) is 5.36. The summed E-state index contributed by atoms with van der Waals surface area (Å²) in [5.41, 5.74) is 5.92. The third-order valence-corrected chi connectivity index (χ3v) is 4.04. The van der Waals surface area contributed by atoms with Gasteiger partial charge in [-0.1, -0.05) is 6.92 Å². The molecule has 0 unspecified atom stereocenters. The highest BCUT2D eigenvalue weighted by Crippen LogP contribution is 2.21. The van der Waals surface area contributed by atoms with Crippen molar-refractivity contribution in [1.29, 1.82) is 0 Å². The van der Waals surface area contributed by atoms with E-state index in [0.29, 0.717) is 19.0 Å². The quantitative estimate of drug-likeness (QED) is 0.848. The lowest BCUT2D eigenvalue weighted by Crippen LogP contribution is -2.57. The summed E-state index contributed by atoms with van der Waals surface area (Å²) in [6, 6.07) is 1.93. The van der Waals surface area contributed by atoms with Crippen molar-refractivity contribution >= 4 is 5.82 Å². The maximum Gasteiger partial charge on any atom is 0.218 e. The minimum absolute atomic E-state index is 0.0627. The van der Waals surface area contributed by atoms with Crippen LogP contribution in [0.2, 0.25) is 0 Å². The fourth-order valence-corrected chi connectivity index (χ4v) is 2.46. The molecular formula is C15H27N5O. The van der Waals surface area contributed by atoms with E-state index in [1.54, 1.807) is 6.33 Å². The van der Waals surface area contributed by atoms with E-state index in [4.69, 9.17) is 10.5 Å². The van der Waals surface area contributed by atoms with Crippen LogP contribution in [0.4, 0.5) is 5.82 Å². The molecule has 2 rings (SSSR count). The Morgan fingerprint density at radius 2 is 1.95 bits per heavy atom. The summed E-state index contributed by atoms with van der Waals surface area (Å²) in [5, 5.41) is 0. The average molecular weight is 293 g/mol. The predicted molar refractivity (Wildman–Crippen MR) is 84.7 cm³/mol. The first-order valence-corrected chi connectivity index (χ1v) is 7.71. The van der Waals surface area contributed by atoms with Gasteiger partial charge in [0.15, 0.2) is 0 Å². The van der Waals surface area contributed by atoms with Crippen LogP contribution in [0.5, 0.6) is 5.88 Å². The number of anilines is 1. The molecular weight excluding hydrogens is 266 g/mol. The van der Waals surface area contributed by atoms with Gasteiger partial charge in [0.2, 0.25) is 5.88 Å². The lowest BCUT2D eigenvalue weighted by Gasteiger charge is -2.43. The van der Waals surface area contributed by atoms with Crippen LogP contribution in [0.25, 0.3) is 0 Å². The Hall–Kier alpha value is -1.40. The number of piperazine rings is 1. The Bertz CT molecular complexity index is 443. The fraction of sp³-hybridized carbons (Fsp3) is 0.733. The van der Waals surface area contributed by atoms with Gasteiger partial charge in [0, 0.05) is 44.3 Å². The highest BCUT2D eigenvalue weighted by atomic mass is 16.5. The molecule has 0 amide bonds. The molecule has 118 valence electrons. The summed E-state index contributed by atoms with van der Waals surface area (Å²) >= 11 is 0. The van der Waals surface area contributed by atoms with Crippen molar-refractivity contribution in [2.24, 2.45) is 5.73 Å². The normalized spacial score (nSPS) is 17.0. The number of hydrogen-bond donors (Lipinski definition) is 1. The van der Waals surface area contributed by atoms with Crippen LogP contribution in [0.1, 0.15) is 27.2 Å². The molecule has 0 spiro atoms. The molecule has 1 saturated heterocycles. The third kappa shape index (κ3) is 4.04. The van der Waals surface area contributed by atoms with Gasteiger partial charge in [-0.05, 0) is 20.3 Å². The molecule has 0 atom stereocenters. The van der Waals surface area contributed by atoms with E-state index in [9.17, 15) is 0 Å². The first-order chi connectivity index (χ1) is 10.1. The number of nitrogens with zero attached hydrogens (tertiary/aromatic N) is 4. The van der Waals surface area contributed by atoms with Gasteiger partial charge >= 0.3 is 0 Å². The van der Waals surface area contributed by atoms with Gasteiger partial charge in [-0.2, -0.15) is 0 Å². The van der Waals surface area contributed by atoms with E-state index >= 15 is 0 Å². The standard InChI is InChI=1S/C15H27N5O/c1-4-9-21-14-10-13(17-12-18-14)19-5-7-20(8-6-19)15(2,3)11-16/h10,12H,4-9,11,16H2,1-3H3. The molecule has 0 radical (unpaired) electrons. The van der Waals surface area contributed by atoms with E-state index < -0.39 is 0 Å². The van der Waals surface area contributed by atoms with Gasteiger partial charge in [0.25, 0.3) is 0 Å². The molecule has 1 aliphatic heterocycles.